The molecule has 2 aromatic rings. The Labute approximate surface area is 155 Å². The fraction of sp³-hybridized carbons (Fsp3) is 0.389. The number of aromatic nitrogens is 1. The maximum absolute atomic E-state index is 12.6. The highest BCUT2D eigenvalue weighted by Crippen LogP contribution is 2.37. The van der Waals surface area contributed by atoms with Crippen molar-refractivity contribution in [3.8, 4) is 0 Å². The molecule has 1 aliphatic carbocycles. The molecule has 0 unspecified atom stereocenters. The Hall–Kier alpha value is -1.92. The van der Waals surface area contributed by atoms with Gasteiger partial charge in [-0.15, -0.1) is 11.3 Å². The van der Waals surface area contributed by atoms with E-state index in [9.17, 15) is 9.59 Å². The Morgan fingerprint density at radius 3 is 2.72 bits per heavy atom. The second-order valence-corrected chi connectivity index (χ2v) is 7.37. The lowest BCUT2D eigenvalue weighted by atomic mass is 9.96. The van der Waals surface area contributed by atoms with Crippen LogP contribution in [0.5, 0.6) is 0 Å². The molecule has 0 atom stereocenters. The molecule has 5 nitrogen and oxygen atoms in total. The van der Waals surface area contributed by atoms with Gasteiger partial charge in [0.15, 0.2) is 0 Å². The highest BCUT2D eigenvalue weighted by molar-refractivity contribution is 7.17. The minimum atomic E-state index is -0.411. The van der Waals surface area contributed by atoms with Crippen LogP contribution in [0.25, 0.3) is 0 Å². The van der Waals surface area contributed by atoms with E-state index in [1.807, 2.05) is 0 Å². The van der Waals surface area contributed by atoms with Crippen LogP contribution in [0.1, 0.15) is 56.8 Å². The number of halogens is 1. The maximum atomic E-state index is 12.6. The monoisotopic (exact) mass is 378 g/mol. The second kappa shape index (κ2) is 7.97. The Balaban J connectivity index is 1.97. The zero-order chi connectivity index (χ0) is 17.8. The van der Waals surface area contributed by atoms with Crippen LogP contribution in [-0.2, 0) is 17.6 Å². The van der Waals surface area contributed by atoms with Crippen LogP contribution in [-0.4, -0.2) is 24.0 Å². The molecule has 2 aromatic heterocycles. The fourth-order valence-corrected chi connectivity index (χ4v) is 4.53. The number of fused-ring (bicyclic) bond motifs is 1. The molecular weight excluding hydrogens is 360 g/mol. The summed E-state index contributed by atoms with van der Waals surface area (Å²) in [6.45, 7) is 0. The minimum absolute atomic E-state index is 0.134. The molecule has 0 aromatic carbocycles. The summed E-state index contributed by atoms with van der Waals surface area (Å²) >= 11 is 7.46. The SMILES string of the molecule is COC(=O)c1c(NC(=O)c2cccnc2Cl)sc2c1CCCCCC2. The van der Waals surface area contributed by atoms with Crippen LogP contribution in [0.15, 0.2) is 18.3 Å². The van der Waals surface area contributed by atoms with Crippen LogP contribution in [0.3, 0.4) is 0 Å². The van der Waals surface area contributed by atoms with Crippen LogP contribution < -0.4 is 5.32 Å². The van der Waals surface area contributed by atoms with Gasteiger partial charge in [-0.25, -0.2) is 9.78 Å². The van der Waals surface area contributed by atoms with E-state index < -0.39 is 5.97 Å². The Morgan fingerprint density at radius 2 is 2.00 bits per heavy atom. The van der Waals surface area contributed by atoms with E-state index in [-0.39, 0.29) is 16.6 Å². The lowest BCUT2D eigenvalue weighted by molar-refractivity contribution is 0.0601. The van der Waals surface area contributed by atoms with Crippen LogP contribution in [0.4, 0.5) is 5.00 Å². The van der Waals surface area contributed by atoms with Gasteiger partial charge in [0.05, 0.1) is 18.2 Å². The molecule has 132 valence electrons. The van der Waals surface area contributed by atoms with E-state index in [4.69, 9.17) is 16.3 Å². The quantitative estimate of drug-likeness (QED) is 0.631. The van der Waals surface area contributed by atoms with Gasteiger partial charge in [-0.1, -0.05) is 24.4 Å². The van der Waals surface area contributed by atoms with E-state index in [2.05, 4.69) is 10.3 Å². The minimum Gasteiger partial charge on any atom is -0.465 e. The van der Waals surface area contributed by atoms with Crippen molar-refractivity contribution >= 4 is 39.8 Å². The predicted molar refractivity (Wildman–Crippen MR) is 98.7 cm³/mol. The number of nitrogens with zero attached hydrogens (tertiary/aromatic N) is 1. The normalized spacial score (nSPS) is 14.2. The van der Waals surface area contributed by atoms with Crippen molar-refractivity contribution in [2.75, 3.05) is 12.4 Å². The van der Waals surface area contributed by atoms with Crippen molar-refractivity contribution < 1.29 is 14.3 Å². The van der Waals surface area contributed by atoms with Gasteiger partial charge in [0.2, 0.25) is 0 Å². The number of nitrogens with one attached hydrogen (secondary N) is 1. The molecule has 0 radical (unpaired) electrons. The van der Waals surface area contributed by atoms with Crippen molar-refractivity contribution in [2.45, 2.75) is 38.5 Å². The standard InChI is InChI=1S/C18H19ClN2O3S/c1-24-18(23)14-11-7-4-2-3-5-9-13(11)25-17(14)21-16(22)12-8-6-10-20-15(12)19/h6,8,10H,2-5,7,9H2,1H3,(H,21,22). The van der Waals surface area contributed by atoms with Crippen molar-refractivity contribution in [3.63, 3.8) is 0 Å². The second-order valence-electron chi connectivity index (χ2n) is 5.91. The average Bonchev–Trinajstić information content (AvgIpc) is 2.91. The number of ether oxygens (including phenoxy) is 1. The lowest BCUT2D eigenvalue weighted by Gasteiger charge is -2.11. The first-order chi connectivity index (χ1) is 12.1. The summed E-state index contributed by atoms with van der Waals surface area (Å²) in [5.74, 6) is -0.789. The van der Waals surface area contributed by atoms with Crippen molar-refractivity contribution in [3.05, 3.63) is 45.1 Å². The number of amides is 1. The first-order valence-electron chi connectivity index (χ1n) is 8.26. The van der Waals surface area contributed by atoms with E-state index in [1.54, 1.807) is 12.1 Å². The number of esters is 1. The molecule has 0 fully saturated rings. The molecule has 1 amide bonds. The number of anilines is 1. The molecule has 0 saturated carbocycles. The van der Waals surface area contributed by atoms with Crippen molar-refractivity contribution in [1.29, 1.82) is 0 Å². The first-order valence-corrected chi connectivity index (χ1v) is 9.46. The molecule has 7 heteroatoms. The van der Waals surface area contributed by atoms with Crippen LogP contribution in [0, 0.1) is 0 Å². The molecule has 1 aliphatic rings. The third-order valence-corrected chi connectivity index (χ3v) is 5.80. The molecule has 2 heterocycles. The summed E-state index contributed by atoms with van der Waals surface area (Å²) in [5, 5.41) is 3.50. The molecule has 25 heavy (non-hydrogen) atoms. The number of carbonyl (C=O) groups is 2. The van der Waals surface area contributed by atoms with E-state index in [1.165, 1.54) is 31.1 Å². The third-order valence-electron chi connectivity index (χ3n) is 4.29. The Kier molecular flexibility index (Phi) is 5.71. The van der Waals surface area contributed by atoms with E-state index >= 15 is 0 Å². The molecule has 0 bridgehead atoms. The summed E-state index contributed by atoms with van der Waals surface area (Å²) in [6, 6.07) is 3.25. The smallest absolute Gasteiger partial charge is 0.341 e. The fourth-order valence-electron chi connectivity index (χ4n) is 3.05. The van der Waals surface area contributed by atoms with Crippen LogP contribution in [0.2, 0.25) is 5.15 Å². The summed E-state index contributed by atoms with van der Waals surface area (Å²) in [7, 11) is 1.36. The Bertz CT molecular complexity index is 804. The number of thiophene rings is 1. The zero-order valence-corrected chi connectivity index (χ0v) is 15.5. The molecule has 0 aliphatic heterocycles. The summed E-state index contributed by atoms with van der Waals surface area (Å²) in [5.41, 5.74) is 1.78. The number of pyridine rings is 1. The van der Waals surface area contributed by atoms with Crippen LogP contribution >= 0.6 is 22.9 Å². The largest absolute Gasteiger partial charge is 0.465 e. The number of rotatable bonds is 3. The number of aryl methyl sites for hydroxylation is 1. The molecule has 0 spiro atoms. The van der Waals surface area contributed by atoms with Crippen molar-refractivity contribution in [2.24, 2.45) is 0 Å². The first kappa shape index (κ1) is 17.9. The van der Waals surface area contributed by atoms with Gasteiger partial charge in [0.1, 0.15) is 10.2 Å². The number of hydrogen-bond acceptors (Lipinski definition) is 5. The highest BCUT2D eigenvalue weighted by atomic mass is 35.5. The van der Waals surface area contributed by atoms with Gasteiger partial charge in [-0.2, -0.15) is 0 Å². The Morgan fingerprint density at radius 1 is 1.24 bits per heavy atom. The summed E-state index contributed by atoms with van der Waals surface area (Å²) in [4.78, 5) is 30.0. The van der Waals surface area contributed by atoms with Gasteiger partial charge in [-0.3, -0.25) is 4.79 Å². The highest BCUT2D eigenvalue weighted by Gasteiger charge is 2.26. The average molecular weight is 379 g/mol. The summed E-state index contributed by atoms with van der Waals surface area (Å²) in [6.07, 6.45) is 7.76. The number of hydrogen-bond donors (Lipinski definition) is 1. The number of carbonyl (C=O) groups excluding carboxylic acids is 2. The van der Waals surface area contributed by atoms with E-state index in [0.717, 1.165) is 42.5 Å². The zero-order valence-electron chi connectivity index (χ0n) is 13.9. The van der Waals surface area contributed by atoms with E-state index in [0.29, 0.717) is 10.6 Å². The third kappa shape index (κ3) is 3.85. The number of methoxy groups -OCH3 is 1. The molecule has 0 saturated heterocycles. The van der Waals surface area contributed by atoms with Gasteiger partial charge in [0, 0.05) is 11.1 Å². The predicted octanol–water partition coefficient (Wildman–Crippen LogP) is 4.49. The van der Waals surface area contributed by atoms with Crippen molar-refractivity contribution in [1.82, 2.24) is 4.98 Å². The van der Waals surface area contributed by atoms with Gasteiger partial charge in [-0.05, 0) is 43.4 Å². The van der Waals surface area contributed by atoms with Gasteiger partial charge >= 0.3 is 5.97 Å². The molecule has 1 N–H and O–H groups in total. The van der Waals surface area contributed by atoms with Gasteiger partial charge < -0.3 is 10.1 Å². The molecular formula is C18H19ClN2O3S. The lowest BCUT2D eigenvalue weighted by Crippen LogP contribution is -2.15. The van der Waals surface area contributed by atoms with Gasteiger partial charge in [0.25, 0.3) is 5.91 Å². The molecule has 3 rings (SSSR count). The summed E-state index contributed by atoms with van der Waals surface area (Å²) < 4.78 is 4.96. The maximum Gasteiger partial charge on any atom is 0.341 e. The topological polar surface area (TPSA) is 68.3 Å².